The number of aryl methyl sites for hydroxylation is 1. The molecule has 1 aromatic heterocycles. The summed E-state index contributed by atoms with van der Waals surface area (Å²) in [5, 5.41) is 2.70. The van der Waals surface area contributed by atoms with Gasteiger partial charge >= 0.3 is 0 Å². The van der Waals surface area contributed by atoms with Crippen LogP contribution in [0.3, 0.4) is 0 Å². The Bertz CT molecular complexity index is 630. The summed E-state index contributed by atoms with van der Waals surface area (Å²) in [6.07, 6.45) is 0. The number of aromatic nitrogens is 1. The topological polar surface area (TPSA) is 30.0 Å². The molecule has 0 spiro atoms. The predicted molar refractivity (Wildman–Crippen MR) is 52.6 cm³/mol. The first kappa shape index (κ1) is 6.78. The summed E-state index contributed by atoms with van der Waals surface area (Å²) in [6.45, 7) is 1.89. The second-order valence-corrected chi connectivity index (χ2v) is 3.29. The van der Waals surface area contributed by atoms with Crippen LogP contribution in [0.5, 0.6) is 0 Å². The van der Waals surface area contributed by atoms with Crippen LogP contribution >= 0.6 is 0 Å². The molecule has 0 saturated heterocycles. The maximum atomic E-state index is 11.3. The summed E-state index contributed by atoms with van der Waals surface area (Å²) in [5.74, 6) is 0. The third-order valence-electron chi connectivity index (χ3n) is 2.46. The Kier molecular flexibility index (Phi) is 1.02. The van der Waals surface area contributed by atoms with Gasteiger partial charge in [0.2, 0.25) is 0 Å². The zero-order valence-corrected chi connectivity index (χ0v) is 7.16. The average molecular weight is 169 g/mol. The third-order valence-corrected chi connectivity index (χ3v) is 2.46. The van der Waals surface area contributed by atoms with E-state index in [1.165, 1.54) is 0 Å². The summed E-state index contributed by atoms with van der Waals surface area (Å²) in [7, 11) is 0. The summed E-state index contributed by atoms with van der Waals surface area (Å²) in [5.41, 5.74) is 1.95. The number of nitrogens with zero attached hydrogens (tertiary/aromatic N) is 1. The minimum absolute atomic E-state index is 0.172. The van der Waals surface area contributed by atoms with E-state index in [1.54, 1.807) is 0 Å². The van der Waals surface area contributed by atoms with E-state index in [0.29, 0.717) is 0 Å². The van der Waals surface area contributed by atoms with E-state index in [0.717, 1.165) is 27.4 Å². The standard InChI is InChI=1S/C11H7NO/c1-6-9-10(11(9)13)7-4-2-3-5-8(7)12-6/h2-5H,1H3. The van der Waals surface area contributed by atoms with Crippen molar-refractivity contribution in [2.75, 3.05) is 0 Å². The summed E-state index contributed by atoms with van der Waals surface area (Å²) >= 11 is 0. The Balaban J connectivity index is 2.67. The summed E-state index contributed by atoms with van der Waals surface area (Å²) in [6, 6.07) is 7.76. The quantitative estimate of drug-likeness (QED) is 0.514. The van der Waals surface area contributed by atoms with Crippen molar-refractivity contribution in [3.05, 3.63) is 40.2 Å². The second-order valence-electron chi connectivity index (χ2n) is 3.29. The maximum absolute atomic E-state index is 11.3. The van der Waals surface area contributed by atoms with Crippen molar-refractivity contribution >= 4 is 21.7 Å². The first-order valence-electron chi connectivity index (χ1n) is 4.23. The largest absolute Gasteiger partial charge is 0.288 e. The Morgan fingerprint density at radius 3 is 2.77 bits per heavy atom. The van der Waals surface area contributed by atoms with Crippen LogP contribution in [0.4, 0.5) is 0 Å². The molecule has 0 amide bonds. The van der Waals surface area contributed by atoms with Crippen LogP contribution in [-0.4, -0.2) is 4.98 Å². The van der Waals surface area contributed by atoms with E-state index in [-0.39, 0.29) is 5.43 Å². The van der Waals surface area contributed by atoms with Crippen molar-refractivity contribution in [3.8, 4) is 0 Å². The van der Waals surface area contributed by atoms with Crippen molar-refractivity contribution in [1.82, 2.24) is 4.98 Å². The molecule has 3 rings (SSSR count). The number of para-hydroxylation sites is 1. The van der Waals surface area contributed by atoms with Crippen LogP contribution in [0.1, 0.15) is 5.69 Å². The van der Waals surface area contributed by atoms with Gasteiger partial charge < -0.3 is 0 Å². The fourth-order valence-electron chi connectivity index (χ4n) is 1.79. The van der Waals surface area contributed by atoms with Gasteiger partial charge in [0.15, 0.2) is 5.43 Å². The highest BCUT2D eigenvalue weighted by molar-refractivity contribution is 6.15. The summed E-state index contributed by atoms with van der Waals surface area (Å²) in [4.78, 5) is 15.7. The second kappa shape index (κ2) is 1.96. The van der Waals surface area contributed by atoms with Gasteiger partial charge in [0, 0.05) is 16.5 Å². The van der Waals surface area contributed by atoms with Crippen LogP contribution in [0.2, 0.25) is 0 Å². The molecule has 0 bridgehead atoms. The van der Waals surface area contributed by atoms with E-state index in [2.05, 4.69) is 4.98 Å². The molecule has 0 unspecified atom stereocenters. The van der Waals surface area contributed by atoms with Gasteiger partial charge in [0.25, 0.3) is 0 Å². The van der Waals surface area contributed by atoms with Crippen LogP contribution < -0.4 is 5.43 Å². The molecule has 0 N–H and O–H groups in total. The van der Waals surface area contributed by atoms with Gasteiger partial charge in [0.05, 0.1) is 10.9 Å². The highest BCUT2D eigenvalue weighted by atomic mass is 16.1. The van der Waals surface area contributed by atoms with Gasteiger partial charge in [-0.1, -0.05) is 18.2 Å². The molecular weight excluding hydrogens is 162 g/mol. The number of rotatable bonds is 0. The van der Waals surface area contributed by atoms with E-state index >= 15 is 0 Å². The van der Waals surface area contributed by atoms with Gasteiger partial charge in [-0.15, -0.1) is 0 Å². The van der Waals surface area contributed by atoms with Crippen molar-refractivity contribution in [3.63, 3.8) is 0 Å². The molecule has 0 aliphatic heterocycles. The minimum atomic E-state index is 0.172. The highest BCUT2D eigenvalue weighted by Gasteiger charge is 2.18. The zero-order chi connectivity index (χ0) is 9.00. The maximum Gasteiger partial charge on any atom is 0.197 e. The van der Waals surface area contributed by atoms with Gasteiger partial charge in [-0.25, -0.2) is 0 Å². The Morgan fingerprint density at radius 2 is 1.92 bits per heavy atom. The van der Waals surface area contributed by atoms with E-state index < -0.39 is 0 Å². The molecular formula is C11H7NO. The molecule has 1 heterocycles. The van der Waals surface area contributed by atoms with E-state index in [1.807, 2.05) is 31.2 Å². The SMILES string of the molecule is Cc1nc2ccccc2c2c(=O)c12. The number of hydrogen-bond donors (Lipinski definition) is 0. The highest BCUT2D eigenvalue weighted by Crippen LogP contribution is 2.26. The fourth-order valence-corrected chi connectivity index (χ4v) is 1.79. The average Bonchev–Trinajstić information content (AvgIpc) is 2.79. The van der Waals surface area contributed by atoms with E-state index in [4.69, 9.17) is 0 Å². The van der Waals surface area contributed by atoms with Gasteiger partial charge in [-0.2, -0.15) is 0 Å². The van der Waals surface area contributed by atoms with Crippen molar-refractivity contribution < 1.29 is 0 Å². The van der Waals surface area contributed by atoms with Crippen molar-refractivity contribution in [2.24, 2.45) is 0 Å². The first-order valence-corrected chi connectivity index (χ1v) is 4.23. The number of pyridine rings is 1. The fraction of sp³-hybridized carbons (Fsp3) is 0.0909. The van der Waals surface area contributed by atoms with E-state index in [9.17, 15) is 4.79 Å². The van der Waals surface area contributed by atoms with Gasteiger partial charge in [-0.05, 0) is 13.0 Å². The number of benzene rings is 1. The lowest BCUT2D eigenvalue weighted by atomic mass is 10.2. The zero-order valence-electron chi connectivity index (χ0n) is 7.16. The van der Waals surface area contributed by atoms with Crippen LogP contribution in [-0.2, 0) is 0 Å². The first-order chi connectivity index (χ1) is 6.29. The van der Waals surface area contributed by atoms with Crippen molar-refractivity contribution in [1.29, 1.82) is 0 Å². The Labute approximate surface area is 74.5 Å². The Hall–Kier alpha value is -1.70. The lowest BCUT2D eigenvalue weighted by Gasteiger charge is -1.94. The molecule has 0 atom stereocenters. The van der Waals surface area contributed by atoms with Gasteiger partial charge in [0.1, 0.15) is 0 Å². The smallest absolute Gasteiger partial charge is 0.197 e. The molecule has 2 nitrogen and oxygen atoms in total. The molecule has 0 radical (unpaired) electrons. The third kappa shape index (κ3) is 0.724. The molecule has 0 fully saturated rings. The predicted octanol–water partition coefficient (Wildman–Crippen LogP) is 1.93. The summed E-state index contributed by atoms with van der Waals surface area (Å²) < 4.78 is 0. The molecule has 0 aliphatic carbocycles. The number of hydrogen-bond acceptors (Lipinski definition) is 2. The van der Waals surface area contributed by atoms with Gasteiger partial charge in [-0.3, -0.25) is 9.78 Å². The normalized spacial score (nSPS) is 11.8. The lowest BCUT2D eigenvalue weighted by molar-refractivity contribution is 1.30. The Morgan fingerprint density at radius 1 is 1.15 bits per heavy atom. The molecule has 13 heavy (non-hydrogen) atoms. The van der Waals surface area contributed by atoms with Crippen LogP contribution in [0, 0.1) is 6.92 Å². The van der Waals surface area contributed by atoms with Crippen molar-refractivity contribution in [2.45, 2.75) is 6.92 Å². The molecule has 2 heteroatoms. The van der Waals surface area contributed by atoms with Crippen LogP contribution in [0.15, 0.2) is 29.1 Å². The monoisotopic (exact) mass is 169 g/mol. The minimum Gasteiger partial charge on any atom is -0.288 e. The molecule has 2 aromatic carbocycles. The molecule has 0 saturated carbocycles. The van der Waals surface area contributed by atoms with Crippen LogP contribution in [0.25, 0.3) is 21.7 Å². The molecule has 0 aliphatic rings. The number of fused-ring (bicyclic) bond motifs is 3. The molecule has 3 aromatic rings. The molecule has 62 valence electrons. The lowest BCUT2D eigenvalue weighted by Crippen LogP contribution is -1.79.